The Morgan fingerprint density at radius 3 is 2.88 bits per heavy atom. The van der Waals surface area contributed by atoms with Crippen LogP contribution in [0, 0.1) is 0 Å². The van der Waals surface area contributed by atoms with Crippen molar-refractivity contribution in [2.75, 3.05) is 32.8 Å². The Hall–Kier alpha value is -0.160. The molecule has 102 valence electrons. The van der Waals surface area contributed by atoms with E-state index in [4.69, 9.17) is 15.6 Å². The minimum atomic E-state index is -0.406. The summed E-state index contributed by atoms with van der Waals surface area (Å²) in [6, 6.07) is 0. The summed E-state index contributed by atoms with van der Waals surface area (Å²) in [6.07, 6.45) is 4.65. The summed E-state index contributed by atoms with van der Waals surface area (Å²) >= 11 is 0. The van der Waals surface area contributed by atoms with Crippen LogP contribution in [0.1, 0.15) is 39.5 Å². The third-order valence-electron chi connectivity index (χ3n) is 3.51. The Morgan fingerprint density at radius 1 is 1.47 bits per heavy atom. The van der Waals surface area contributed by atoms with Crippen molar-refractivity contribution in [3.8, 4) is 0 Å². The summed E-state index contributed by atoms with van der Waals surface area (Å²) < 4.78 is 5.64. The molecule has 1 aliphatic heterocycles. The van der Waals surface area contributed by atoms with E-state index >= 15 is 0 Å². The molecule has 4 nitrogen and oxygen atoms in total. The van der Waals surface area contributed by atoms with Crippen LogP contribution >= 0.6 is 0 Å². The van der Waals surface area contributed by atoms with Crippen molar-refractivity contribution in [3.63, 3.8) is 0 Å². The quantitative estimate of drug-likeness (QED) is 0.655. The van der Waals surface area contributed by atoms with Crippen LogP contribution in [0.2, 0.25) is 0 Å². The molecule has 0 aliphatic carbocycles. The van der Waals surface area contributed by atoms with Crippen molar-refractivity contribution in [2.45, 2.75) is 51.2 Å². The first kappa shape index (κ1) is 14.9. The molecule has 0 saturated carbocycles. The van der Waals surface area contributed by atoms with E-state index in [-0.39, 0.29) is 6.61 Å². The number of hydrogen-bond acceptors (Lipinski definition) is 4. The highest BCUT2D eigenvalue weighted by atomic mass is 16.5. The lowest BCUT2D eigenvalue weighted by Crippen LogP contribution is -2.43. The fourth-order valence-corrected chi connectivity index (χ4v) is 2.17. The van der Waals surface area contributed by atoms with Gasteiger partial charge in [-0.15, -0.1) is 0 Å². The molecule has 0 bridgehead atoms. The van der Waals surface area contributed by atoms with Gasteiger partial charge < -0.3 is 15.6 Å². The van der Waals surface area contributed by atoms with Crippen LogP contribution in [0.15, 0.2) is 0 Å². The van der Waals surface area contributed by atoms with E-state index < -0.39 is 5.54 Å². The standard InChI is InChI=1S/C13H28N2O2/c1-3-12-10-15(8-9-17-12)7-5-4-6-13(2,14)11-16/h12,16H,3-11,14H2,1-2H3. The van der Waals surface area contributed by atoms with Gasteiger partial charge in [-0.05, 0) is 32.7 Å². The Labute approximate surface area is 105 Å². The number of nitrogens with zero attached hydrogens (tertiary/aromatic N) is 1. The molecule has 1 fully saturated rings. The van der Waals surface area contributed by atoms with Crippen molar-refractivity contribution < 1.29 is 9.84 Å². The third-order valence-corrected chi connectivity index (χ3v) is 3.51. The van der Waals surface area contributed by atoms with E-state index in [0.717, 1.165) is 51.9 Å². The molecule has 0 spiro atoms. The van der Waals surface area contributed by atoms with Gasteiger partial charge in [0.15, 0.2) is 0 Å². The smallest absolute Gasteiger partial charge is 0.0700 e. The normalized spacial score (nSPS) is 25.8. The summed E-state index contributed by atoms with van der Waals surface area (Å²) in [6.45, 7) is 8.27. The number of ether oxygens (including phenoxy) is 1. The SMILES string of the molecule is CCC1CN(CCCCC(C)(N)CO)CCO1. The van der Waals surface area contributed by atoms with Crippen molar-refractivity contribution in [1.82, 2.24) is 4.90 Å². The third kappa shape index (κ3) is 5.82. The predicted octanol–water partition coefficient (Wildman–Crippen LogP) is 0.977. The molecule has 2 atom stereocenters. The van der Waals surface area contributed by atoms with Crippen LogP contribution in [0.3, 0.4) is 0 Å². The molecule has 1 aliphatic rings. The van der Waals surface area contributed by atoms with E-state index in [9.17, 15) is 0 Å². The van der Waals surface area contributed by atoms with Crippen molar-refractivity contribution in [2.24, 2.45) is 5.73 Å². The zero-order valence-corrected chi connectivity index (χ0v) is 11.3. The van der Waals surface area contributed by atoms with Gasteiger partial charge in [0, 0.05) is 18.6 Å². The number of aliphatic hydroxyl groups is 1. The molecule has 17 heavy (non-hydrogen) atoms. The molecule has 1 rings (SSSR count). The molecular formula is C13H28N2O2. The topological polar surface area (TPSA) is 58.7 Å². The zero-order chi connectivity index (χ0) is 12.7. The first-order valence-corrected chi connectivity index (χ1v) is 6.81. The van der Waals surface area contributed by atoms with E-state index in [1.54, 1.807) is 0 Å². The number of unbranched alkanes of at least 4 members (excludes halogenated alkanes) is 1. The van der Waals surface area contributed by atoms with Gasteiger partial charge in [0.2, 0.25) is 0 Å². The van der Waals surface area contributed by atoms with E-state index in [0.29, 0.717) is 6.10 Å². The first-order valence-electron chi connectivity index (χ1n) is 6.81. The molecule has 0 radical (unpaired) electrons. The second-order valence-corrected chi connectivity index (χ2v) is 5.47. The van der Waals surface area contributed by atoms with Gasteiger partial charge in [-0.3, -0.25) is 4.90 Å². The van der Waals surface area contributed by atoms with Gasteiger partial charge in [0.05, 0.1) is 19.3 Å². The maximum Gasteiger partial charge on any atom is 0.0700 e. The van der Waals surface area contributed by atoms with E-state index in [1.807, 2.05) is 6.92 Å². The number of rotatable bonds is 7. The molecule has 1 heterocycles. The highest BCUT2D eigenvalue weighted by Gasteiger charge is 2.19. The molecule has 4 heteroatoms. The van der Waals surface area contributed by atoms with E-state index in [1.165, 1.54) is 0 Å². The van der Waals surface area contributed by atoms with Gasteiger partial charge in [0.1, 0.15) is 0 Å². The number of nitrogens with two attached hydrogens (primary N) is 1. The summed E-state index contributed by atoms with van der Waals surface area (Å²) in [5.74, 6) is 0. The highest BCUT2D eigenvalue weighted by Crippen LogP contribution is 2.12. The Kier molecular flexibility index (Phi) is 6.41. The van der Waals surface area contributed by atoms with Crippen LogP contribution < -0.4 is 5.73 Å². The summed E-state index contributed by atoms with van der Waals surface area (Å²) in [5, 5.41) is 9.06. The molecule has 3 N–H and O–H groups in total. The minimum Gasteiger partial charge on any atom is -0.394 e. The average molecular weight is 244 g/mol. The number of hydrogen-bond donors (Lipinski definition) is 2. The lowest BCUT2D eigenvalue weighted by molar-refractivity contribution is -0.0300. The summed E-state index contributed by atoms with van der Waals surface area (Å²) in [4.78, 5) is 2.48. The summed E-state index contributed by atoms with van der Waals surface area (Å²) in [7, 11) is 0. The minimum absolute atomic E-state index is 0.0719. The second kappa shape index (κ2) is 7.31. The Morgan fingerprint density at radius 2 is 2.24 bits per heavy atom. The Balaban J connectivity index is 2.10. The van der Waals surface area contributed by atoms with Crippen molar-refractivity contribution in [3.05, 3.63) is 0 Å². The predicted molar refractivity (Wildman–Crippen MR) is 70.0 cm³/mol. The van der Waals surface area contributed by atoms with Crippen LogP contribution in [-0.4, -0.2) is 54.5 Å². The van der Waals surface area contributed by atoms with Crippen LogP contribution in [0.25, 0.3) is 0 Å². The van der Waals surface area contributed by atoms with Gasteiger partial charge in [-0.1, -0.05) is 13.3 Å². The van der Waals surface area contributed by atoms with Gasteiger partial charge >= 0.3 is 0 Å². The lowest BCUT2D eigenvalue weighted by Gasteiger charge is -2.32. The number of morpholine rings is 1. The fraction of sp³-hybridized carbons (Fsp3) is 1.00. The van der Waals surface area contributed by atoms with Crippen molar-refractivity contribution in [1.29, 1.82) is 0 Å². The van der Waals surface area contributed by atoms with E-state index in [2.05, 4.69) is 11.8 Å². The zero-order valence-electron chi connectivity index (χ0n) is 11.3. The maximum atomic E-state index is 9.06. The molecule has 0 aromatic carbocycles. The van der Waals surface area contributed by atoms with Gasteiger partial charge in [-0.25, -0.2) is 0 Å². The molecule has 2 unspecified atom stereocenters. The van der Waals surface area contributed by atoms with Crippen molar-refractivity contribution >= 4 is 0 Å². The van der Waals surface area contributed by atoms with Crippen LogP contribution in [0.4, 0.5) is 0 Å². The average Bonchev–Trinajstić information content (AvgIpc) is 2.35. The Bertz CT molecular complexity index is 210. The number of aliphatic hydroxyl groups excluding tert-OH is 1. The maximum absolute atomic E-state index is 9.06. The molecule has 0 aromatic heterocycles. The lowest BCUT2D eigenvalue weighted by atomic mass is 9.97. The highest BCUT2D eigenvalue weighted by molar-refractivity contribution is 4.77. The molecule has 0 amide bonds. The van der Waals surface area contributed by atoms with Gasteiger partial charge in [-0.2, -0.15) is 0 Å². The largest absolute Gasteiger partial charge is 0.394 e. The van der Waals surface area contributed by atoms with Crippen LogP contribution in [0.5, 0.6) is 0 Å². The van der Waals surface area contributed by atoms with Crippen LogP contribution in [-0.2, 0) is 4.74 Å². The molecule has 1 saturated heterocycles. The first-order chi connectivity index (χ1) is 8.07. The summed E-state index contributed by atoms with van der Waals surface area (Å²) in [5.41, 5.74) is 5.49. The molecular weight excluding hydrogens is 216 g/mol. The monoisotopic (exact) mass is 244 g/mol. The van der Waals surface area contributed by atoms with Gasteiger partial charge in [0.25, 0.3) is 0 Å². The second-order valence-electron chi connectivity index (χ2n) is 5.47. The molecule has 0 aromatic rings. The fourth-order valence-electron chi connectivity index (χ4n) is 2.17.